The average molecular weight is 676 g/mol. The molecular weight excluding hydrogens is 623 g/mol. The van der Waals surface area contributed by atoms with Gasteiger partial charge in [0.15, 0.2) is 0 Å². The van der Waals surface area contributed by atoms with Crippen molar-refractivity contribution in [3.05, 3.63) is 0 Å². The van der Waals surface area contributed by atoms with Gasteiger partial charge in [0, 0.05) is 0 Å². The third-order valence-corrected chi connectivity index (χ3v) is 15.5. The van der Waals surface area contributed by atoms with Gasteiger partial charge in [-0.05, 0) is 46.7 Å². The van der Waals surface area contributed by atoms with Crippen molar-refractivity contribution in [2.24, 2.45) is 23.7 Å². The van der Waals surface area contributed by atoms with Gasteiger partial charge in [0.05, 0.1) is 21.1 Å². The summed E-state index contributed by atoms with van der Waals surface area (Å²) in [6, 6.07) is 0. The molecule has 0 aromatic heterocycles. The van der Waals surface area contributed by atoms with E-state index in [1.165, 1.54) is 59.9 Å². The van der Waals surface area contributed by atoms with Crippen LogP contribution in [0.5, 0.6) is 0 Å². The second-order valence-corrected chi connectivity index (χ2v) is 19.4. The third-order valence-electron chi connectivity index (χ3n) is 3.56. The standard InChI is InChI=1S/2C10H20O2S2.2C3H7.Sn/c2*1-7(2)5-13-10(9(11)12)14-6-8(3)4;2*1-3-2;/h2*7-8,10H,5-6H2,1-4H3,(H,11,12);2*1,3H2,2H3;/q;;;;+2/p-2. The fourth-order valence-corrected chi connectivity index (χ4v) is 9.19. The number of thioether (sulfide) groups is 4. The van der Waals surface area contributed by atoms with E-state index in [0.717, 1.165) is 23.0 Å². The molecule has 0 aliphatic carbocycles. The van der Waals surface area contributed by atoms with E-state index in [1.807, 2.05) is 0 Å². The Kier molecular flexibility index (Phi) is 32.7. The van der Waals surface area contributed by atoms with Gasteiger partial charge < -0.3 is 19.8 Å². The van der Waals surface area contributed by atoms with Gasteiger partial charge in [-0.25, -0.2) is 0 Å². The Bertz CT molecular complexity index is 426. The fourth-order valence-electron chi connectivity index (χ4n) is 1.97. The first-order valence-electron chi connectivity index (χ1n) is 12.9. The molecule has 0 aromatic rings. The Balaban J connectivity index is -0.000000465. The van der Waals surface area contributed by atoms with Crippen molar-refractivity contribution >= 4 is 80.1 Å². The summed E-state index contributed by atoms with van der Waals surface area (Å²) in [5.74, 6) is 3.75. The molecule has 0 radical (unpaired) electrons. The molecule has 0 aliphatic heterocycles. The Labute approximate surface area is 245 Å². The van der Waals surface area contributed by atoms with Crippen LogP contribution in [0, 0.1) is 23.7 Å². The van der Waals surface area contributed by atoms with E-state index in [-0.39, 0.29) is 21.1 Å². The minimum absolute atomic E-state index is 0.181. The van der Waals surface area contributed by atoms with Crippen LogP contribution in [0.2, 0.25) is 8.87 Å². The van der Waals surface area contributed by atoms with Crippen molar-refractivity contribution in [1.82, 2.24) is 0 Å². The molecule has 9 heteroatoms. The molecule has 208 valence electrons. The minimum atomic E-state index is -0.943. The number of carbonyl (C=O) groups excluding carboxylic acids is 2. The number of hydrogen-bond donors (Lipinski definition) is 0. The molecular formula is C26H52O4S4Sn. The molecule has 35 heavy (non-hydrogen) atoms. The van der Waals surface area contributed by atoms with Gasteiger partial charge in [-0.2, -0.15) is 0 Å². The molecule has 0 heterocycles. The van der Waals surface area contributed by atoms with Crippen LogP contribution in [-0.2, 0) is 9.59 Å². The monoisotopic (exact) mass is 676 g/mol. The van der Waals surface area contributed by atoms with Crippen molar-refractivity contribution < 1.29 is 19.8 Å². The van der Waals surface area contributed by atoms with E-state index in [1.54, 1.807) is 8.87 Å². The zero-order valence-electron chi connectivity index (χ0n) is 23.9. The molecule has 0 aromatic carbocycles. The number of rotatable bonds is 18. The summed E-state index contributed by atoms with van der Waals surface area (Å²) < 4.78 is 2.38. The molecule has 0 rings (SSSR count). The van der Waals surface area contributed by atoms with Crippen LogP contribution < -0.4 is 10.2 Å². The summed E-state index contributed by atoms with van der Waals surface area (Å²) in [6.07, 6.45) is 2.87. The van der Waals surface area contributed by atoms with Gasteiger partial charge in [-0.1, -0.05) is 55.4 Å². The van der Waals surface area contributed by atoms with Crippen LogP contribution in [-0.4, -0.2) is 65.3 Å². The normalized spacial score (nSPS) is 11.0. The number of carboxylic acid groups (broad SMARTS) is 2. The van der Waals surface area contributed by atoms with Crippen molar-refractivity contribution in [2.75, 3.05) is 23.0 Å². The van der Waals surface area contributed by atoms with Crippen LogP contribution in [0.25, 0.3) is 0 Å². The number of hydrogen-bond acceptors (Lipinski definition) is 8. The maximum atomic E-state index is 10.8. The van der Waals surface area contributed by atoms with Crippen LogP contribution >= 0.6 is 47.0 Å². The van der Waals surface area contributed by atoms with Gasteiger partial charge in [-0.3, -0.25) is 0 Å². The summed E-state index contributed by atoms with van der Waals surface area (Å²) in [4.78, 5) is 21.5. The summed E-state index contributed by atoms with van der Waals surface area (Å²) >= 11 is 6.10. The average Bonchev–Trinajstić information content (AvgIpc) is 2.73. The molecule has 0 unspecified atom stereocenters. The van der Waals surface area contributed by atoms with Crippen LogP contribution in [0.15, 0.2) is 0 Å². The Morgan fingerprint density at radius 1 is 0.571 bits per heavy atom. The zero-order valence-corrected chi connectivity index (χ0v) is 30.0. The van der Waals surface area contributed by atoms with Crippen LogP contribution in [0.4, 0.5) is 0 Å². The zero-order chi connectivity index (χ0) is 27.8. The van der Waals surface area contributed by atoms with Crippen molar-refractivity contribution in [3.63, 3.8) is 0 Å². The molecule has 0 aliphatic rings. The van der Waals surface area contributed by atoms with E-state index in [9.17, 15) is 19.8 Å². The predicted molar refractivity (Wildman–Crippen MR) is 163 cm³/mol. The van der Waals surface area contributed by atoms with E-state index in [2.05, 4.69) is 69.2 Å². The van der Waals surface area contributed by atoms with Crippen LogP contribution in [0.3, 0.4) is 0 Å². The molecule has 0 bridgehead atoms. The molecule has 0 saturated carbocycles. The number of aliphatic carboxylic acids is 2. The number of carboxylic acids is 2. The summed E-state index contributed by atoms with van der Waals surface area (Å²) in [5, 5.41) is 21.5. The molecule has 0 saturated heterocycles. The second-order valence-electron chi connectivity index (χ2n) is 9.96. The second kappa shape index (κ2) is 28.2. The van der Waals surface area contributed by atoms with E-state index < -0.39 is 21.1 Å². The van der Waals surface area contributed by atoms with Gasteiger partial charge in [0.25, 0.3) is 0 Å². The molecule has 0 atom stereocenters. The van der Waals surface area contributed by atoms with Gasteiger partial charge in [-0.15, -0.1) is 47.0 Å². The first-order valence-corrected chi connectivity index (χ1v) is 21.1. The predicted octanol–water partition coefficient (Wildman–Crippen LogP) is 6.03. The van der Waals surface area contributed by atoms with E-state index in [4.69, 9.17) is 0 Å². The first-order chi connectivity index (χ1) is 16.3. The van der Waals surface area contributed by atoms with Crippen molar-refractivity contribution in [2.45, 2.75) is 100 Å². The molecule has 0 spiro atoms. The molecule has 0 N–H and O–H groups in total. The van der Waals surface area contributed by atoms with Gasteiger partial charge in [0.1, 0.15) is 0 Å². The SMILES string of the molecule is CC(C)CSC(SCC(C)C)C(=O)[O-].CC(C)CSC(SCC(C)C)C(=O)[O-].CC[CH2][Sn+2][CH2]CC. The summed E-state index contributed by atoms with van der Waals surface area (Å²) in [6.45, 7) is 21.3. The van der Waals surface area contributed by atoms with Crippen molar-refractivity contribution in [1.29, 1.82) is 0 Å². The summed E-state index contributed by atoms with van der Waals surface area (Å²) in [7, 11) is 0. The van der Waals surface area contributed by atoms with E-state index >= 15 is 0 Å². The Morgan fingerprint density at radius 2 is 0.800 bits per heavy atom. The first kappa shape index (κ1) is 40.6. The summed E-state index contributed by atoms with van der Waals surface area (Å²) in [5.41, 5.74) is 0. The maximum absolute atomic E-state index is 10.8. The molecule has 0 fully saturated rings. The van der Waals surface area contributed by atoms with Gasteiger partial charge in [0.2, 0.25) is 0 Å². The Morgan fingerprint density at radius 3 is 0.943 bits per heavy atom. The van der Waals surface area contributed by atoms with Gasteiger partial charge >= 0.3 is 56.7 Å². The number of carbonyl (C=O) groups is 2. The third kappa shape index (κ3) is 35.1. The fraction of sp³-hybridized carbons (Fsp3) is 0.923. The van der Waals surface area contributed by atoms with Crippen LogP contribution in [0.1, 0.15) is 82.1 Å². The Hall–Kier alpha value is 1.14. The topological polar surface area (TPSA) is 80.3 Å². The molecule has 0 amide bonds. The quantitative estimate of drug-likeness (QED) is 0.0991. The van der Waals surface area contributed by atoms with E-state index in [0.29, 0.717) is 23.7 Å². The molecule has 4 nitrogen and oxygen atoms in total. The van der Waals surface area contributed by atoms with Crippen molar-refractivity contribution in [3.8, 4) is 0 Å².